The van der Waals surface area contributed by atoms with E-state index in [1.807, 2.05) is 0 Å². The number of nitrogens with one attached hydrogen (secondary N) is 1. The summed E-state index contributed by atoms with van der Waals surface area (Å²) in [7, 11) is 4.34. The standard InChI is InChI=1S/C14H29N3/c1-15-9-8-14-12-16(2)10-11-17(14)13-6-4-3-5-7-13/h13-15H,3-12H2,1-2H3. The summed E-state index contributed by atoms with van der Waals surface area (Å²) >= 11 is 0. The van der Waals surface area contributed by atoms with Gasteiger partial charge in [-0.1, -0.05) is 19.3 Å². The first kappa shape index (κ1) is 13.3. The maximum absolute atomic E-state index is 3.31. The Balaban J connectivity index is 1.91. The Bertz CT molecular complexity index is 214. The molecule has 0 aromatic heterocycles. The van der Waals surface area contributed by atoms with Gasteiger partial charge in [0.25, 0.3) is 0 Å². The molecule has 1 aliphatic carbocycles. The van der Waals surface area contributed by atoms with E-state index in [1.54, 1.807) is 0 Å². The lowest BCUT2D eigenvalue weighted by Crippen LogP contribution is -2.56. The van der Waals surface area contributed by atoms with Crippen molar-refractivity contribution in [1.82, 2.24) is 15.1 Å². The molecule has 2 fully saturated rings. The molecule has 3 nitrogen and oxygen atoms in total. The SMILES string of the molecule is CNCCC1CN(C)CCN1C1CCCCC1. The zero-order valence-electron chi connectivity index (χ0n) is 11.6. The van der Waals surface area contributed by atoms with Crippen molar-refractivity contribution in [3.8, 4) is 0 Å². The predicted molar refractivity (Wildman–Crippen MR) is 73.4 cm³/mol. The molecule has 2 rings (SSSR count). The van der Waals surface area contributed by atoms with E-state index < -0.39 is 0 Å². The molecule has 1 heterocycles. The van der Waals surface area contributed by atoms with Gasteiger partial charge in [-0.25, -0.2) is 0 Å². The normalized spacial score (nSPS) is 29.6. The highest BCUT2D eigenvalue weighted by Crippen LogP contribution is 2.26. The summed E-state index contributed by atoms with van der Waals surface area (Å²) in [6.07, 6.45) is 8.56. The van der Waals surface area contributed by atoms with Crippen molar-refractivity contribution in [3.05, 3.63) is 0 Å². The molecular weight excluding hydrogens is 210 g/mol. The predicted octanol–water partition coefficient (Wildman–Crippen LogP) is 1.54. The van der Waals surface area contributed by atoms with E-state index in [0.29, 0.717) is 0 Å². The monoisotopic (exact) mass is 239 g/mol. The van der Waals surface area contributed by atoms with Gasteiger partial charge in [-0.3, -0.25) is 4.90 Å². The van der Waals surface area contributed by atoms with Crippen LogP contribution in [-0.2, 0) is 0 Å². The lowest BCUT2D eigenvalue weighted by atomic mass is 9.92. The van der Waals surface area contributed by atoms with Gasteiger partial charge in [0.1, 0.15) is 0 Å². The van der Waals surface area contributed by atoms with Crippen LogP contribution in [0.15, 0.2) is 0 Å². The van der Waals surface area contributed by atoms with E-state index in [9.17, 15) is 0 Å². The summed E-state index contributed by atoms with van der Waals surface area (Å²) in [5, 5.41) is 3.31. The third-order valence-electron chi connectivity index (χ3n) is 4.50. The van der Waals surface area contributed by atoms with Crippen LogP contribution in [0.2, 0.25) is 0 Å². The van der Waals surface area contributed by atoms with Gasteiger partial charge in [-0.05, 0) is 39.9 Å². The maximum atomic E-state index is 3.31. The van der Waals surface area contributed by atoms with E-state index >= 15 is 0 Å². The van der Waals surface area contributed by atoms with Crippen molar-refractivity contribution < 1.29 is 0 Å². The summed E-state index contributed by atoms with van der Waals surface area (Å²) in [4.78, 5) is 5.33. The van der Waals surface area contributed by atoms with Crippen molar-refractivity contribution >= 4 is 0 Å². The lowest BCUT2D eigenvalue weighted by molar-refractivity contribution is 0.0336. The molecule has 2 aliphatic rings. The smallest absolute Gasteiger partial charge is 0.0238 e. The highest BCUT2D eigenvalue weighted by atomic mass is 15.3. The fraction of sp³-hybridized carbons (Fsp3) is 1.00. The Morgan fingerprint density at radius 3 is 2.59 bits per heavy atom. The summed E-state index contributed by atoms with van der Waals surface area (Å²) in [5.74, 6) is 0. The van der Waals surface area contributed by atoms with Crippen LogP contribution in [0, 0.1) is 0 Å². The van der Waals surface area contributed by atoms with Crippen LogP contribution in [0.5, 0.6) is 0 Å². The first-order chi connectivity index (χ1) is 8.31. The van der Waals surface area contributed by atoms with Gasteiger partial charge in [-0.2, -0.15) is 0 Å². The Hall–Kier alpha value is -0.120. The highest BCUT2D eigenvalue weighted by Gasteiger charge is 2.30. The van der Waals surface area contributed by atoms with Gasteiger partial charge in [0.15, 0.2) is 0 Å². The van der Waals surface area contributed by atoms with Crippen LogP contribution in [0.1, 0.15) is 38.5 Å². The second kappa shape index (κ2) is 6.72. The van der Waals surface area contributed by atoms with Gasteiger partial charge in [0, 0.05) is 31.7 Å². The van der Waals surface area contributed by atoms with Crippen LogP contribution in [0.3, 0.4) is 0 Å². The molecule has 100 valence electrons. The van der Waals surface area contributed by atoms with Crippen molar-refractivity contribution in [2.24, 2.45) is 0 Å². The number of hydrogen-bond acceptors (Lipinski definition) is 3. The second-order valence-electron chi connectivity index (χ2n) is 5.84. The summed E-state index contributed by atoms with van der Waals surface area (Å²) in [5.41, 5.74) is 0. The largest absolute Gasteiger partial charge is 0.320 e. The van der Waals surface area contributed by atoms with E-state index in [1.165, 1.54) is 58.2 Å². The Labute approximate surface area is 107 Å². The molecule has 0 amide bonds. The third-order valence-corrected chi connectivity index (χ3v) is 4.50. The molecule has 17 heavy (non-hydrogen) atoms. The summed E-state index contributed by atoms with van der Waals surface area (Å²) in [6, 6.07) is 1.67. The fourth-order valence-corrected chi connectivity index (χ4v) is 3.49. The molecule has 0 spiro atoms. The molecule has 1 N–H and O–H groups in total. The molecule has 0 bridgehead atoms. The topological polar surface area (TPSA) is 18.5 Å². The van der Waals surface area contributed by atoms with Crippen LogP contribution >= 0.6 is 0 Å². The Kier molecular flexibility index (Phi) is 5.26. The first-order valence-corrected chi connectivity index (χ1v) is 7.40. The minimum Gasteiger partial charge on any atom is -0.320 e. The van der Waals surface area contributed by atoms with Crippen molar-refractivity contribution in [3.63, 3.8) is 0 Å². The van der Waals surface area contributed by atoms with Gasteiger partial charge in [-0.15, -0.1) is 0 Å². The summed E-state index contributed by atoms with van der Waals surface area (Å²) in [6.45, 7) is 4.96. The molecule has 3 heteroatoms. The minimum atomic E-state index is 0.782. The molecule has 0 radical (unpaired) electrons. The minimum absolute atomic E-state index is 0.782. The lowest BCUT2D eigenvalue weighted by Gasteiger charge is -2.45. The number of piperazine rings is 1. The number of likely N-dealkylation sites (N-methyl/N-ethyl adjacent to an activating group) is 1. The molecule has 0 aromatic carbocycles. The third kappa shape index (κ3) is 3.67. The van der Waals surface area contributed by atoms with Crippen LogP contribution < -0.4 is 5.32 Å². The maximum Gasteiger partial charge on any atom is 0.0238 e. The van der Waals surface area contributed by atoms with E-state index in [0.717, 1.165) is 18.6 Å². The number of hydrogen-bond donors (Lipinski definition) is 1. The molecule has 1 aliphatic heterocycles. The van der Waals surface area contributed by atoms with E-state index in [2.05, 4.69) is 29.2 Å². The quantitative estimate of drug-likeness (QED) is 0.803. The number of rotatable bonds is 4. The second-order valence-corrected chi connectivity index (χ2v) is 5.84. The van der Waals surface area contributed by atoms with E-state index in [-0.39, 0.29) is 0 Å². The summed E-state index contributed by atoms with van der Waals surface area (Å²) < 4.78 is 0. The zero-order valence-corrected chi connectivity index (χ0v) is 11.6. The fourth-order valence-electron chi connectivity index (χ4n) is 3.49. The van der Waals surface area contributed by atoms with Gasteiger partial charge in [0.05, 0.1) is 0 Å². The van der Waals surface area contributed by atoms with Crippen molar-refractivity contribution in [2.45, 2.75) is 50.6 Å². The van der Waals surface area contributed by atoms with Crippen molar-refractivity contribution in [2.75, 3.05) is 40.3 Å². The average molecular weight is 239 g/mol. The van der Waals surface area contributed by atoms with Gasteiger partial charge < -0.3 is 10.2 Å². The molecule has 1 saturated carbocycles. The Morgan fingerprint density at radius 1 is 1.12 bits per heavy atom. The van der Waals surface area contributed by atoms with Crippen LogP contribution in [0.4, 0.5) is 0 Å². The zero-order chi connectivity index (χ0) is 12.1. The van der Waals surface area contributed by atoms with Crippen LogP contribution in [0.25, 0.3) is 0 Å². The molecule has 1 saturated heterocycles. The first-order valence-electron chi connectivity index (χ1n) is 7.40. The number of nitrogens with zero attached hydrogens (tertiary/aromatic N) is 2. The van der Waals surface area contributed by atoms with Gasteiger partial charge in [0.2, 0.25) is 0 Å². The Morgan fingerprint density at radius 2 is 1.88 bits per heavy atom. The molecule has 1 atom stereocenters. The molecule has 1 unspecified atom stereocenters. The molecular formula is C14H29N3. The highest BCUT2D eigenvalue weighted by molar-refractivity contribution is 4.87. The molecule has 0 aromatic rings. The van der Waals surface area contributed by atoms with Crippen molar-refractivity contribution in [1.29, 1.82) is 0 Å². The average Bonchev–Trinajstić information content (AvgIpc) is 2.37. The van der Waals surface area contributed by atoms with Crippen LogP contribution in [-0.4, -0.2) is 62.2 Å². The van der Waals surface area contributed by atoms with Gasteiger partial charge >= 0.3 is 0 Å². The van der Waals surface area contributed by atoms with E-state index in [4.69, 9.17) is 0 Å².